The number of ether oxygens (including phenoxy) is 1. The number of anilines is 2. The van der Waals surface area contributed by atoms with Gasteiger partial charge in [-0.3, -0.25) is 0 Å². The molecule has 1 aliphatic rings. The molecule has 1 fully saturated rings. The molecular weight excluding hydrogens is 376 g/mol. The van der Waals surface area contributed by atoms with Crippen molar-refractivity contribution in [2.45, 2.75) is 26.4 Å². The van der Waals surface area contributed by atoms with E-state index in [0.29, 0.717) is 48.0 Å². The summed E-state index contributed by atoms with van der Waals surface area (Å²) in [6, 6.07) is 1.69. The number of amides is 1. The average Bonchev–Trinajstić information content (AvgIpc) is 3.05. The van der Waals surface area contributed by atoms with Crippen molar-refractivity contribution >= 4 is 41.0 Å². The van der Waals surface area contributed by atoms with Crippen molar-refractivity contribution in [3.63, 3.8) is 0 Å². The molecule has 140 valence electrons. The van der Waals surface area contributed by atoms with Crippen molar-refractivity contribution in [2.24, 2.45) is 0 Å². The molecule has 0 aromatic carbocycles. The first-order valence-electron chi connectivity index (χ1n) is 8.21. The van der Waals surface area contributed by atoms with Gasteiger partial charge in [-0.05, 0) is 38.4 Å². The van der Waals surface area contributed by atoms with Crippen LogP contribution in [0.2, 0.25) is 5.02 Å². The van der Waals surface area contributed by atoms with Gasteiger partial charge in [0, 0.05) is 37.9 Å². The Labute approximate surface area is 161 Å². The number of nitrogens with two attached hydrogens (primary N) is 1. The number of nitrogen functional groups attached to an aromatic ring is 1. The smallest absolute Gasteiger partial charge is 0.410 e. The van der Waals surface area contributed by atoms with E-state index in [4.69, 9.17) is 22.1 Å². The molecule has 10 heteroatoms. The van der Waals surface area contributed by atoms with Crippen LogP contribution < -0.4 is 10.6 Å². The molecule has 2 aromatic rings. The number of aromatic nitrogens is 3. The van der Waals surface area contributed by atoms with E-state index in [1.54, 1.807) is 11.0 Å². The Morgan fingerprint density at radius 3 is 2.65 bits per heavy atom. The highest BCUT2D eigenvalue weighted by Gasteiger charge is 2.27. The quantitative estimate of drug-likeness (QED) is 0.833. The van der Waals surface area contributed by atoms with E-state index in [9.17, 15) is 4.79 Å². The molecule has 26 heavy (non-hydrogen) atoms. The molecule has 0 bridgehead atoms. The molecule has 1 aliphatic heterocycles. The second-order valence-electron chi connectivity index (χ2n) is 6.94. The summed E-state index contributed by atoms with van der Waals surface area (Å²) >= 11 is 7.44. The third-order valence-electron chi connectivity index (χ3n) is 3.74. The van der Waals surface area contributed by atoms with E-state index in [2.05, 4.69) is 14.3 Å². The Bertz CT molecular complexity index is 798. The van der Waals surface area contributed by atoms with Crippen molar-refractivity contribution in [2.75, 3.05) is 36.8 Å². The molecule has 1 amide bonds. The lowest BCUT2D eigenvalue weighted by molar-refractivity contribution is 0.0240. The van der Waals surface area contributed by atoms with Crippen LogP contribution in [-0.4, -0.2) is 57.1 Å². The maximum absolute atomic E-state index is 12.1. The van der Waals surface area contributed by atoms with Gasteiger partial charge in [0.25, 0.3) is 0 Å². The van der Waals surface area contributed by atoms with Gasteiger partial charge >= 0.3 is 6.09 Å². The van der Waals surface area contributed by atoms with Gasteiger partial charge in [0.15, 0.2) is 0 Å². The minimum atomic E-state index is -0.495. The van der Waals surface area contributed by atoms with Gasteiger partial charge in [-0.2, -0.15) is 9.36 Å². The fraction of sp³-hybridized carbons (Fsp3) is 0.500. The van der Waals surface area contributed by atoms with Gasteiger partial charge in [-0.1, -0.05) is 11.6 Å². The standard InChI is InChI=1S/C16H21ClN6O2S/c1-16(2,3)25-15(24)23-6-4-22(5-7-23)14-20-13(26-21-14)10-8-12(18)19-9-11(10)17/h8-9H,4-7H2,1-3H3,(H2,18,19). The van der Waals surface area contributed by atoms with Crippen LogP contribution in [0.5, 0.6) is 0 Å². The number of hydrogen-bond donors (Lipinski definition) is 1. The van der Waals surface area contributed by atoms with E-state index in [-0.39, 0.29) is 6.09 Å². The monoisotopic (exact) mass is 396 g/mol. The Morgan fingerprint density at radius 2 is 2.00 bits per heavy atom. The molecule has 3 rings (SSSR count). The summed E-state index contributed by atoms with van der Waals surface area (Å²) < 4.78 is 9.83. The first kappa shape index (κ1) is 18.7. The molecule has 0 saturated carbocycles. The summed E-state index contributed by atoms with van der Waals surface area (Å²) in [5.41, 5.74) is 5.95. The third-order valence-corrected chi connectivity index (χ3v) is 4.78. The number of carbonyl (C=O) groups excluding carboxylic acids is 1. The lowest BCUT2D eigenvalue weighted by atomic mass is 10.2. The van der Waals surface area contributed by atoms with Crippen molar-refractivity contribution in [3.05, 3.63) is 17.3 Å². The highest BCUT2D eigenvalue weighted by Crippen LogP contribution is 2.31. The number of hydrogen-bond acceptors (Lipinski definition) is 8. The molecular formula is C16H21ClN6O2S. The third kappa shape index (κ3) is 4.34. The number of carbonyl (C=O) groups is 1. The van der Waals surface area contributed by atoms with Crippen LogP contribution in [-0.2, 0) is 4.74 Å². The molecule has 0 aliphatic carbocycles. The molecule has 1 saturated heterocycles. The van der Waals surface area contributed by atoms with Crippen molar-refractivity contribution < 1.29 is 9.53 Å². The van der Waals surface area contributed by atoms with Gasteiger partial charge in [0.1, 0.15) is 16.4 Å². The van der Waals surface area contributed by atoms with Crippen LogP contribution >= 0.6 is 23.1 Å². The summed E-state index contributed by atoms with van der Waals surface area (Å²) in [5, 5.41) is 1.17. The maximum atomic E-state index is 12.1. The second-order valence-corrected chi connectivity index (χ2v) is 8.10. The highest BCUT2D eigenvalue weighted by atomic mass is 35.5. The lowest BCUT2D eigenvalue weighted by Crippen LogP contribution is -2.50. The summed E-state index contributed by atoms with van der Waals surface area (Å²) in [7, 11) is 0. The van der Waals surface area contributed by atoms with Crippen LogP contribution in [0.1, 0.15) is 20.8 Å². The van der Waals surface area contributed by atoms with E-state index < -0.39 is 5.60 Å². The lowest BCUT2D eigenvalue weighted by Gasteiger charge is -2.35. The Hall–Kier alpha value is -2.13. The van der Waals surface area contributed by atoms with E-state index in [1.807, 2.05) is 25.7 Å². The zero-order valence-electron chi connectivity index (χ0n) is 14.9. The van der Waals surface area contributed by atoms with Crippen LogP contribution in [0.3, 0.4) is 0 Å². The zero-order valence-corrected chi connectivity index (χ0v) is 16.5. The van der Waals surface area contributed by atoms with Crippen LogP contribution in [0, 0.1) is 0 Å². The minimum absolute atomic E-state index is 0.289. The molecule has 8 nitrogen and oxygen atoms in total. The van der Waals surface area contributed by atoms with Gasteiger partial charge in [-0.25, -0.2) is 9.78 Å². The fourth-order valence-electron chi connectivity index (χ4n) is 2.49. The summed E-state index contributed by atoms with van der Waals surface area (Å²) in [5.74, 6) is 1.01. The predicted octanol–water partition coefficient (Wildman–Crippen LogP) is 2.89. The first-order valence-corrected chi connectivity index (χ1v) is 9.36. The number of pyridine rings is 1. The SMILES string of the molecule is CC(C)(C)OC(=O)N1CCN(c2nsc(-c3cc(N)ncc3Cl)n2)CC1. The Balaban J connectivity index is 1.65. The topological polar surface area (TPSA) is 97.5 Å². The first-order chi connectivity index (χ1) is 12.2. The van der Waals surface area contributed by atoms with Crippen LogP contribution in [0.25, 0.3) is 10.6 Å². The van der Waals surface area contributed by atoms with E-state index in [1.165, 1.54) is 17.7 Å². The average molecular weight is 397 g/mol. The highest BCUT2D eigenvalue weighted by molar-refractivity contribution is 7.09. The van der Waals surface area contributed by atoms with Gasteiger partial charge in [0.05, 0.1) is 5.02 Å². The Kier molecular flexibility index (Phi) is 5.19. The number of halogens is 1. The predicted molar refractivity (Wildman–Crippen MR) is 103 cm³/mol. The summed E-state index contributed by atoms with van der Waals surface area (Å²) in [4.78, 5) is 24.4. The molecule has 3 heterocycles. The number of nitrogens with zero attached hydrogens (tertiary/aromatic N) is 5. The second kappa shape index (κ2) is 7.24. The zero-order chi connectivity index (χ0) is 18.9. The number of piperazine rings is 1. The van der Waals surface area contributed by atoms with E-state index in [0.717, 1.165) is 5.56 Å². The normalized spacial score (nSPS) is 15.2. The van der Waals surface area contributed by atoms with Crippen molar-refractivity contribution in [1.29, 1.82) is 0 Å². The molecule has 0 spiro atoms. The molecule has 0 radical (unpaired) electrons. The van der Waals surface area contributed by atoms with Gasteiger partial charge in [0.2, 0.25) is 5.95 Å². The maximum Gasteiger partial charge on any atom is 0.410 e. The molecule has 2 aromatic heterocycles. The largest absolute Gasteiger partial charge is 0.444 e. The molecule has 2 N–H and O–H groups in total. The van der Waals surface area contributed by atoms with Gasteiger partial charge in [-0.15, -0.1) is 0 Å². The van der Waals surface area contributed by atoms with Gasteiger partial charge < -0.3 is 20.3 Å². The van der Waals surface area contributed by atoms with Crippen molar-refractivity contribution in [3.8, 4) is 10.6 Å². The van der Waals surface area contributed by atoms with E-state index >= 15 is 0 Å². The summed E-state index contributed by atoms with van der Waals surface area (Å²) in [6.45, 7) is 7.98. The fourth-order valence-corrected chi connectivity index (χ4v) is 3.45. The summed E-state index contributed by atoms with van der Waals surface area (Å²) in [6.07, 6.45) is 1.22. The van der Waals surface area contributed by atoms with Crippen LogP contribution in [0.4, 0.5) is 16.6 Å². The number of rotatable bonds is 2. The minimum Gasteiger partial charge on any atom is -0.444 e. The van der Waals surface area contributed by atoms with Crippen molar-refractivity contribution in [1.82, 2.24) is 19.2 Å². The Morgan fingerprint density at radius 1 is 1.31 bits per heavy atom. The molecule has 0 atom stereocenters. The van der Waals surface area contributed by atoms with Crippen LogP contribution in [0.15, 0.2) is 12.3 Å². The molecule has 0 unspecified atom stereocenters.